The Balaban J connectivity index is 1.84. The molecule has 0 amide bonds. The fraction of sp³-hybridized carbons (Fsp3) is 0.286. The van der Waals surface area contributed by atoms with Gasteiger partial charge in [0, 0.05) is 47.4 Å². The Hall–Kier alpha value is -2.04. The lowest BCUT2D eigenvalue weighted by Crippen LogP contribution is -2.39. The van der Waals surface area contributed by atoms with E-state index in [1.807, 2.05) is 25.1 Å². The monoisotopic (exact) mass is 385 g/mol. The summed E-state index contributed by atoms with van der Waals surface area (Å²) in [6.45, 7) is 7.05. The number of benzene rings is 2. The van der Waals surface area contributed by atoms with Gasteiger partial charge in [-0.3, -0.25) is 0 Å². The first-order valence-corrected chi connectivity index (χ1v) is 9.52. The van der Waals surface area contributed by atoms with Crippen molar-refractivity contribution in [3.05, 3.63) is 64.8 Å². The molecule has 5 heteroatoms. The topological polar surface area (TPSA) is 20.2 Å². The van der Waals surface area contributed by atoms with Gasteiger partial charge >= 0.3 is 0 Å². The molecule has 0 aliphatic rings. The van der Waals surface area contributed by atoms with E-state index >= 15 is 0 Å². The van der Waals surface area contributed by atoms with Gasteiger partial charge in [0.25, 0.3) is 0 Å². The summed E-state index contributed by atoms with van der Waals surface area (Å²) in [5.74, 6) is 0. The van der Waals surface area contributed by atoms with Gasteiger partial charge in [0.1, 0.15) is 0 Å². The molecule has 2 aromatic carbocycles. The number of thiocarbonyl (C=S) groups is 1. The molecule has 0 spiro atoms. The van der Waals surface area contributed by atoms with Crippen molar-refractivity contribution >= 4 is 45.5 Å². The van der Waals surface area contributed by atoms with E-state index in [4.69, 9.17) is 23.8 Å². The first kappa shape index (κ1) is 18.7. The second kappa shape index (κ2) is 7.68. The minimum absolute atomic E-state index is 0.273. The van der Waals surface area contributed by atoms with Gasteiger partial charge in [-0.2, -0.15) is 0 Å². The van der Waals surface area contributed by atoms with Crippen molar-refractivity contribution in [2.45, 2.75) is 33.4 Å². The first-order valence-electron chi connectivity index (χ1n) is 8.73. The quantitative estimate of drug-likeness (QED) is 0.577. The molecular weight excluding hydrogens is 362 g/mol. The Bertz CT molecular complexity index is 946. The van der Waals surface area contributed by atoms with Crippen molar-refractivity contribution in [1.29, 1.82) is 0 Å². The van der Waals surface area contributed by atoms with Crippen LogP contribution in [0, 0.1) is 6.92 Å². The van der Waals surface area contributed by atoms with Gasteiger partial charge in [-0.25, -0.2) is 0 Å². The molecule has 26 heavy (non-hydrogen) atoms. The molecule has 0 radical (unpaired) electrons. The van der Waals surface area contributed by atoms with E-state index in [-0.39, 0.29) is 6.04 Å². The fourth-order valence-electron chi connectivity index (χ4n) is 3.09. The first-order chi connectivity index (χ1) is 12.4. The zero-order valence-electron chi connectivity index (χ0n) is 15.6. The molecule has 0 bridgehead atoms. The summed E-state index contributed by atoms with van der Waals surface area (Å²) in [6.07, 6.45) is 2.19. The SMILES string of the molecule is Cc1ccc(NC(=S)N(Cc2cn(C)c3ccccc23)C(C)C)cc1Cl. The summed E-state index contributed by atoms with van der Waals surface area (Å²) in [5, 5.41) is 6.04. The Labute approximate surface area is 165 Å². The van der Waals surface area contributed by atoms with Crippen LogP contribution in [-0.2, 0) is 13.6 Å². The molecule has 0 aliphatic heterocycles. The van der Waals surface area contributed by atoms with Crippen LogP contribution in [0.5, 0.6) is 0 Å². The highest BCUT2D eigenvalue weighted by Crippen LogP contribution is 2.24. The maximum atomic E-state index is 6.24. The van der Waals surface area contributed by atoms with Gasteiger partial charge in [0.15, 0.2) is 5.11 Å². The van der Waals surface area contributed by atoms with E-state index in [1.54, 1.807) is 0 Å². The van der Waals surface area contributed by atoms with Gasteiger partial charge in [0.2, 0.25) is 0 Å². The van der Waals surface area contributed by atoms with Crippen LogP contribution in [0.2, 0.25) is 5.02 Å². The maximum Gasteiger partial charge on any atom is 0.173 e. The van der Waals surface area contributed by atoms with Crippen LogP contribution in [0.4, 0.5) is 5.69 Å². The smallest absolute Gasteiger partial charge is 0.173 e. The van der Waals surface area contributed by atoms with Crippen molar-refractivity contribution in [3.8, 4) is 0 Å². The zero-order chi connectivity index (χ0) is 18.8. The molecule has 0 aliphatic carbocycles. The number of aryl methyl sites for hydroxylation is 2. The van der Waals surface area contributed by atoms with Crippen LogP contribution < -0.4 is 5.32 Å². The number of aromatic nitrogens is 1. The van der Waals surface area contributed by atoms with Crippen LogP contribution in [0.15, 0.2) is 48.7 Å². The van der Waals surface area contributed by atoms with Crippen molar-refractivity contribution in [2.24, 2.45) is 7.05 Å². The second-order valence-corrected chi connectivity index (χ2v) is 7.69. The van der Waals surface area contributed by atoms with Crippen molar-refractivity contribution in [1.82, 2.24) is 9.47 Å². The van der Waals surface area contributed by atoms with E-state index in [0.29, 0.717) is 5.11 Å². The van der Waals surface area contributed by atoms with Crippen LogP contribution in [0.25, 0.3) is 10.9 Å². The number of para-hydroxylation sites is 1. The second-order valence-electron chi connectivity index (χ2n) is 6.90. The Morgan fingerprint density at radius 1 is 1.23 bits per heavy atom. The summed E-state index contributed by atoms with van der Waals surface area (Å²) in [6, 6.07) is 14.6. The number of nitrogens with zero attached hydrogens (tertiary/aromatic N) is 2. The average molecular weight is 386 g/mol. The van der Waals surface area contributed by atoms with E-state index in [0.717, 1.165) is 22.8 Å². The predicted octanol–water partition coefficient (Wildman–Crippen LogP) is 5.75. The van der Waals surface area contributed by atoms with Crippen LogP contribution in [0.3, 0.4) is 0 Å². The summed E-state index contributed by atoms with van der Waals surface area (Å²) >= 11 is 11.9. The molecule has 0 saturated carbocycles. The van der Waals surface area contributed by atoms with Gasteiger partial charge in [-0.05, 0) is 62.3 Å². The molecule has 0 fully saturated rings. The largest absolute Gasteiger partial charge is 0.350 e. The van der Waals surface area contributed by atoms with Gasteiger partial charge in [-0.15, -0.1) is 0 Å². The predicted molar refractivity (Wildman–Crippen MR) is 116 cm³/mol. The summed E-state index contributed by atoms with van der Waals surface area (Å²) in [7, 11) is 2.08. The van der Waals surface area contributed by atoms with E-state index < -0.39 is 0 Å². The van der Waals surface area contributed by atoms with Gasteiger partial charge in [0.05, 0.1) is 0 Å². The zero-order valence-corrected chi connectivity index (χ0v) is 17.2. The molecule has 0 atom stereocenters. The molecular formula is C21H24ClN3S. The molecule has 136 valence electrons. The van der Waals surface area contributed by atoms with E-state index in [9.17, 15) is 0 Å². The highest BCUT2D eigenvalue weighted by atomic mass is 35.5. The fourth-order valence-corrected chi connectivity index (χ4v) is 3.66. The number of rotatable bonds is 4. The Kier molecular flexibility index (Phi) is 5.54. The molecule has 3 rings (SSSR count). The third-order valence-corrected chi connectivity index (χ3v) is 5.37. The van der Waals surface area contributed by atoms with Crippen molar-refractivity contribution in [2.75, 3.05) is 5.32 Å². The van der Waals surface area contributed by atoms with Crippen molar-refractivity contribution in [3.63, 3.8) is 0 Å². The number of halogens is 1. The van der Waals surface area contributed by atoms with Crippen LogP contribution >= 0.6 is 23.8 Å². The highest BCUT2D eigenvalue weighted by Gasteiger charge is 2.17. The maximum absolute atomic E-state index is 6.24. The summed E-state index contributed by atoms with van der Waals surface area (Å²) in [5.41, 5.74) is 4.46. The molecule has 1 heterocycles. The lowest BCUT2D eigenvalue weighted by Gasteiger charge is -2.29. The van der Waals surface area contributed by atoms with Gasteiger partial charge < -0.3 is 14.8 Å². The lowest BCUT2D eigenvalue weighted by molar-refractivity contribution is 0.349. The summed E-state index contributed by atoms with van der Waals surface area (Å²) in [4.78, 5) is 2.20. The average Bonchev–Trinajstić information content (AvgIpc) is 2.92. The van der Waals surface area contributed by atoms with Gasteiger partial charge in [-0.1, -0.05) is 35.9 Å². The molecule has 1 N–H and O–H groups in total. The Morgan fingerprint density at radius 3 is 2.65 bits per heavy atom. The van der Waals surface area contributed by atoms with Crippen LogP contribution in [0.1, 0.15) is 25.0 Å². The van der Waals surface area contributed by atoms with Crippen LogP contribution in [-0.4, -0.2) is 20.6 Å². The van der Waals surface area contributed by atoms with E-state index in [1.165, 1.54) is 16.5 Å². The molecule has 1 aromatic heterocycles. The third kappa shape index (κ3) is 3.87. The minimum Gasteiger partial charge on any atom is -0.350 e. The number of nitrogens with one attached hydrogen (secondary N) is 1. The lowest BCUT2D eigenvalue weighted by atomic mass is 10.1. The number of hydrogen-bond donors (Lipinski definition) is 1. The summed E-state index contributed by atoms with van der Waals surface area (Å²) < 4.78 is 2.17. The third-order valence-electron chi connectivity index (χ3n) is 4.63. The standard InChI is InChI=1S/C21H24ClN3S/c1-14(2)25(21(26)23-17-10-9-15(3)19(22)11-17)13-16-12-24(4)20-8-6-5-7-18(16)20/h5-12,14H,13H2,1-4H3,(H,23,26). The Morgan fingerprint density at radius 2 is 1.96 bits per heavy atom. The normalized spacial score (nSPS) is 11.2. The molecule has 3 nitrogen and oxygen atoms in total. The number of fused-ring (bicyclic) bond motifs is 1. The van der Waals surface area contributed by atoms with Crippen molar-refractivity contribution < 1.29 is 0 Å². The minimum atomic E-state index is 0.273. The molecule has 0 unspecified atom stereocenters. The molecule has 0 saturated heterocycles. The number of anilines is 1. The highest BCUT2D eigenvalue weighted by molar-refractivity contribution is 7.80. The molecule has 3 aromatic rings. The van der Waals surface area contributed by atoms with E-state index in [2.05, 4.69) is 66.1 Å². The number of hydrogen-bond acceptors (Lipinski definition) is 1.